The van der Waals surface area contributed by atoms with E-state index >= 15 is 0 Å². The first-order chi connectivity index (χ1) is 9.78. The molecule has 0 atom stereocenters. The fraction of sp³-hybridized carbons (Fsp3) is 0.200. The van der Waals surface area contributed by atoms with Crippen molar-refractivity contribution in [1.29, 1.82) is 0 Å². The Balaban J connectivity index is 2.37. The second kappa shape index (κ2) is 6.96. The van der Waals surface area contributed by atoms with E-state index in [1.54, 1.807) is 32.2 Å². The van der Waals surface area contributed by atoms with Crippen LogP contribution in [0.2, 0.25) is 0 Å². The SMILES string of the molecule is COc1cc(C=Cc2ccncn2)c(SC)cc1OC. The Kier molecular flexibility index (Phi) is 5.01. The first-order valence-electron chi connectivity index (χ1n) is 6.02. The van der Waals surface area contributed by atoms with Gasteiger partial charge in [-0.3, -0.25) is 0 Å². The zero-order chi connectivity index (χ0) is 14.4. The molecule has 0 spiro atoms. The van der Waals surface area contributed by atoms with Crippen LogP contribution in [0.1, 0.15) is 11.3 Å². The van der Waals surface area contributed by atoms with E-state index in [0.29, 0.717) is 5.75 Å². The quantitative estimate of drug-likeness (QED) is 0.789. The van der Waals surface area contributed by atoms with Gasteiger partial charge in [-0.15, -0.1) is 11.8 Å². The van der Waals surface area contributed by atoms with Crippen molar-refractivity contribution in [3.63, 3.8) is 0 Å². The van der Waals surface area contributed by atoms with Crippen molar-refractivity contribution < 1.29 is 9.47 Å². The minimum atomic E-state index is 0.715. The molecule has 0 aliphatic heterocycles. The van der Waals surface area contributed by atoms with Gasteiger partial charge in [0, 0.05) is 11.1 Å². The van der Waals surface area contributed by atoms with Crippen LogP contribution in [0.5, 0.6) is 11.5 Å². The lowest BCUT2D eigenvalue weighted by atomic mass is 10.1. The largest absolute Gasteiger partial charge is 0.493 e. The van der Waals surface area contributed by atoms with Gasteiger partial charge in [0.1, 0.15) is 6.33 Å². The number of benzene rings is 1. The molecule has 2 rings (SSSR count). The third kappa shape index (κ3) is 3.30. The molecule has 104 valence electrons. The molecule has 2 aromatic rings. The molecule has 0 radical (unpaired) electrons. The summed E-state index contributed by atoms with van der Waals surface area (Å²) in [5, 5.41) is 0. The van der Waals surface area contributed by atoms with Crippen molar-refractivity contribution >= 4 is 23.9 Å². The zero-order valence-corrected chi connectivity index (χ0v) is 12.5. The lowest BCUT2D eigenvalue weighted by molar-refractivity contribution is 0.354. The molecule has 0 saturated heterocycles. The van der Waals surface area contributed by atoms with Crippen LogP contribution in [0.4, 0.5) is 0 Å². The van der Waals surface area contributed by atoms with Gasteiger partial charge in [-0.2, -0.15) is 0 Å². The molecule has 5 heteroatoms. The highest BCUT2D eigenvalue weighted by atomic mass is 32.2. The summed E-state index contributed by atoms with van der Waals surface area (Å²) in [7, 11) is 3.27. The predicted octanol–water partition coefficient (Wildman–Crippen LogP) is 3.39. The number of rotatable bonds is 5. The summed E-state index contributed by atoms with van der Waals surface area (Å²) in [6.45, 7) is 0. The monoisotopic (exact) mass is 288 g/mol. The minimum absolute atomic E-state index is 0.715. The minimum Gasteiger partial charge on any atom is -0.493 e. The maximum absolute atomic E-state index is 5.33. The van der Waals surface area contributed by atoms with Crippen LogP contribution in [0, 0.1) is 0 Å². The number of methoxy groups -OCH3 is 2. The highest BCUT2D eigenvalue weighted by molar-refractivity contribution is 7.98. The Labute approximate surface area is 122 Å². The van der Waals surface area contributed by atoms with Crippen LogP contribution >= 0.6 is 11.8 Å². The first kappa shape index (κ1) is 14.4. The normalized spacial score (nSPS) is 10.8. The Morgan fingerprint density at radius 1 is 1.10 bits per heavy atom. The van der Waals surface area contributed by atoms with E-state index in [9.17, 15) is 0 Å². The molecule has 0 bridgehead atoms. The third-order valence-electron chi connectivity index (χ3n) is 2.77. The third-order valence-corrected chi connectivity index (χ3v) is 3.57. The number of nitrogens with zero attached hydrogens (tertiary/aromatic N) is 2. The Morgan fingerprint density at radius 3 is 2.45 bits per heavy atom. The summed E-state index contributed by atoms with van der Waals surface area (Å²) in [5.41, 5.74) is 1.93. The molecule has 1 heterocycles. The molecule has 0 aliphatic carbocycles. The van der Waals surface area contributed by atoms with Gasteiger partial charge >= 0.3 is 0 Å². The van der Waals surface area contributed by atoms with Crippen molar-refractivity contribution in [2.45, 2.75) is 4.90 Å². The highest BCUT2D eigenvalue weighted by Crippen LogP contribution is 2.35. The number of hydrogen-bond donors (Lipinski definition) is 0. The maximum Gasteiger partial charge on any atom is 0.161 e. The van der Waals surface area contributed by atoms with Crippen LogP contribution in [-0.2, 0) is 0 Å². The molecule has 0 saturated carbocycles. The molecule has 0 aliphatic rings. The molecule has 1 aromatic heterocycles. The van der Waals surface area contributed by atoms with Gasteiger partial charge in [-0.1, -0.05) is 6.08 Å². The zero-order valence-electron chi connectivity index (χ0n) is 11.7. The van der Waals surface area contributed by atoms with Crippen LogP contribution in [-0.4, -0.2) is 30.4 Å². The van der Waals surface area contributed by atoms with Gasteiger partial charge in [0.25, 0.3) is 0 Å². The van der Waals surface area contributed by atoms with E-state index < -0.39 is 0 Å². The number of hydrogen-bond acceptors (Lipinski definition) is 5. The second-order valence-corrected chi connectivity index (χ2v) is 4.76. The van der Waals surface area contributed by atoms with Crippen LogP contribution in [0.3, 0.4) is 0 Å². The molecule has 0 fully saturated rings. The summed E-state index contributed by atoms with van der Waals surface area (Å²) < 4.78 is 10.6. The second-order valence-electron chi connectivity index (χ2n) is 3.92. The van der Waals surface area contributed by atoms with Gasteiger partial charge < -0.3 is 9.47 Å². The van der Waals surface area contributed by atoms with Crippen molar-refractivity contribution in [2.75, 3.05) is 20.5 Å². The molecule has 0 amide bonds. The van der Waals surface area contributed by atoms with Crippen LogP contribution in [0.25, 0.3) is 12.2 Å². The standard InChI is InChI=1S/C15H16N2O2S/c1-18-13-8-11(15(20-3)9-14(13)19-2)4-5-12-6-7-16-10-17-12/h4-10H,1-3H3. The van der Waals surface area contributed by atoms with Crippen molar-refractivity contribution in [3.05, 3.63) is 42.0 Å². The molecule has 4 nitrogen and oxygen atoms in total. The van der Waals surface area contributed by atoms with E-state index in [2.05, 4.69) is 9.97 Å². The summed E-state index contributed by atoms with van der Waals surface area (Å²) >= 11 is 1.66. The van der Waals surface area contributed by atoms with Gasteiger partial charge in [0.2, 0.25) is 0 Å². The summed E-state index contributed by atoms with van der Waals surface area (Å²) in [6, 6.07) is 5.79. The van der Waals surface area contributed by atoms with E-state index in [-0.39, 0.29) is 0 Å². The number of aromatic nitrogens is 2. The van der Waals surface area contributed by atoms with Crippen molar-refractivity contribution in [3.8, 4) is 11.5 Å². The average Bonchev–Trinajstić information content (AvgIpc) is 2.52. The lowest BCUT2D eigenvalue weighted by Gasteiger charge is -2.11. The van der Waals surface area contributed by atoms with Gasteiger partial charge in [-0.05, 0) is 36.1 Å². The van der Waals surface area contributed by atoms with Crippen LogP contribution in [0.15, 0.2) is 35.6 Å². The molecule has 0 unspecified atom stereocenters. The smallest absolute Gasteiger partial charge is 0.161 e. The van der Waals surface area contributed by atoms with Crippen molar-refractivity contribution in [1.82, 2.24) is 9.97 Å². The molecule has 0 N–H and O–H groups in total. The Bertz CT molecular complexity index is 600. The van der Waals surface area contributed by atoms with E-state index in [1.165, 1.54) is 6.33 Å². The van der Waals surface area contributed by atoms with Gasteiger partial charge in [-0.25, -0.2) is 9.97 Å². The van der Waals surface area contributed by atoms with Crippen LogP contribution < -0.4 is 9.47 Å². The molecular weight excluding hydrogens is 272 g/mol. The first-order valence-corrected chi connectivity index (χ1v) is 7.25. The Hall–Kier alpha value is -2.01. The van der Waals surface area contributed by atoms with Gasteiger partial charge in [0.15, 0.2) is 11.5 Å². The van der Waals surface area contributed by atoms with E-state index in [1.807, 2.05) is 36.6 Å². The lowest BCUT2D eigenvalue weighted by Crippen LogP contribution is -1.92. The van der Waals surface area contributed by atoms with Crippen molar-refractivity contribution in [2.24, 2.45) is 0 Å². The summed E-state index contributed by atoms with van der Waals surface area (Å²) in [5.74, 6) is 1.45. The number of thioether (sulfide) groups is 1. The topological polar surface area (TPSA) is 44.2 Å². The fourth-order valence-corrected chi connectivity index (χ4v) is 2.35. The summed E-state index contributed by atoms with van der Waals surface area (Å²) in [4.78, 5) is 9.18. The highest BCUT2D eigenvalue weighted by Gasteiger charge is 2.08. The maximum atomic E-state index is 5.33. The average molecular weight is 288 g/mol. The van der Waals surface area contributed by atoms with E-state index in [0.717, 1.165) is 21.9 Å². The molecule has 1 aromatic carbocycles. The van der Waals surface area contributed by atoms with Gasteiger partial charge in [0.05, 0.1) is 19.9 Å². The number of ether oxygens (including phenoxy) is 2. The predicted molar refractivity (Wildman–Crippen MR) is 82.3 cm³/mol. The molecule has 20 heavy (non-hydrogen) atoms. The Morgan fingerprint density at radius 2 is 1.85 bits per heavy atom. The molecular formula is C15H16N2O2S. The fourth-order valence-electron chi connectivity index (χ4n) is 1.76. The summed E-state index contributed by atoms with van der Waals surface area (Å²) in [6.07, 6.45) is 9.24. The van der Waals surface area contributed by atoms with E-state index in [4.69, 9.17) is 9.47 Å².